The van der Waals surface area contributed by atoms with Gasteiger partial charge in [0.15, 0.2) is 11.6 Å². The fourth-order valence-corrected chi connectivity index (χ4v) is 2.01. The lowest BCUT2D eigenvalue weighted by Gasteiger charge is -2.34. The smallest absolute Gasteiger partial charge is 0.338 e. The Morgan fingerprint density at radius 2 is 2.44 bits per heavy atom. The van der Waals surface area contributed by atoms with Gasteiger partial charge in [0.1, 0.15) is 5.56 Å². The zero-order valence-electron chi connectivity index (χ0n) is 10.1. The van der Waals surface area contributed by atoms with E-state index in [0.29, 0.717) is 13.2 Å². The molecular formula is C12H15FN2O3. The summed E-state index contributed by atoms with van der Waals surface area (Å²) in [4.78, 5) is 14.7. The number of carboxylic acids is 1. The molecule has 6 heteroatoms. The van der Waals surface area contributed by atoms with Crippen LogP contribution < -0.4 is 5.32 Å². The van der Waals surface area contributed by atoms with Crippen molar-refractivity contribution < 1.29 is 19.0 Å². The van der Waals surface area contributed by atoms with Crippen molar-refractivity contribution in [3.05, 3.63) is 23.6 Å². The summed E-state index contributed by atoms with van der Waals surface area (Å²) in [7, 11) is 0. The van der Waals surface area contributed by atoms with E-state index in [-0.39, 0.29) is 11.4 Å². The van der Waals surface area contributed by atoms with Gasteiger partial charge in [-0.15, -0.1) is 0 Å². The van der Waals surface area contributed by atoms with Crippen LogP contribution >= 0.6 is 0 Å². The number of ether oxygens (including phenoxy) is 1. The summed E-state index contributed by atoms with van der Waals surface area (Å²) in [5.74, 6) is -2.18. The van der Waals surface area contributed by atoms with Gasteiger partial charge in [0.05, 0.1) is 12.1 Å². The normalized spacial score (nSPS) is 23.7. The SMILES string of the molecule is CC1(Nc2nccc(C(=O)O)c2F)CCCOC1. The largest absolute Gasteiger partial charge is 0.478 e. The van der Waals surface area contributed by atoms with Crippen LogP contribution in [0.15, 0.2) is 12.3 Å². The monoisotopic (exact) mass is 254 g/mol. The van der Waals surface area contributed by atoms with Gasteiger partial charge in [-0.3, -0.25) is 0 Å². The molecule has 1 fully saturated rings. The van der Waals surface area contributed by atoms with Crippen molar-refractivity contribution in [2.45, 2.75) is 25.3 Å². The molecule has 5 nitrogen and oxygen atoms in total. The fraction of sp³-hybridized carbons (Fsp3) is 0.500. The summed E-state index contributed by atoms with van der Waals surface area (Å²) in [5, 5.41) is 11.8. The maximum atomic E-state index is 13.9. The molecule has 1 aliphatic heterocycles. The Morgan fingerprint density at radius 3 is 3.06 bits per heavy atom. The summed E-state index contributed by atoms with van der Waals surface area (Å²) < 4.78 is 19.2. The average Bonchev–Trinajstić information content (AvgIpc) is 2.32. The maximum absolute atomic E-state index is 13.9. The van der Waals surface area contributed by atoms with E-state index >= 15 is 0 Å². The van der Waals surface area contributed by atoms with Crippen molar-refractivity contribution in [1.29, 1.82) is 0 Å². The second-order valence-electron chi connectivity index (χ2n) is 4.67. The van der Waals surface area contributed by atoms with Crippen LogP contribution in [0.25, 0.3) is 0 Å². The number of rotatable bonds is 3. The fourth-order valence-electron chi connectivity index (χ4n) is 2.01. The highest BCUT2D eigenvalue weighted by Gasteiger charge is 2.29. The molecular weight excluding hydrogens is 239 g/mol. The first-order valence-electron chi connectivity index (χ1n) is 5.75. The van der Waals surface area contributed by atoms with Gasteiger partial charge in [0.2, 0.25) is 0 Å². The molecule has 0 aromatic carbocycles. The highest BCUT2D eigenvalue weighted by atomic mass is 19.1. The lowest BCUT2D eigenvalue weighted by molar-refractivity contribution is 0.0537. The van der Waals surface area contributed by atoms with Crippen molar-refractivity contribution in [1.82, 2.24) is 4.98 Å². The van der Waals surface area contributed by atoms with Crippen molar-refractivity contribution in [2.24, 2.45) is 0 Å². The Labute approximate surface area is 104 Å². The van der Waals surface area contributed by atoms with Gasteiger partial charge in [-0.1, -0.05) is 0 Å². The van der Waals surface area contributed by atoms with E-state index in [0.717, 1.165) is 18.9 Å². The summed E-state index contributed by atoms with van der Waals surface area (Å²) in [6, 6.07) is 1.14. The molecule has 1 saturated heterocycles. The third-order valence-electron chi connectivity index (χ3n) is 2.98. The van der Waals surface area contributed by atoms with Crippen molar-refractivity contribution in [3.63, 3.8) is 0 Å². The van der Waals surface area contributed by atoms with E-state index in [1.165, 1.54) is 6.20 Å². The second-order valence-corrected chi connectivity index (χ2v) is 4.67. The zero-order valence-corrected chi connectivity index (χ0v) is 10.1. The molecule has 0 saturated carbocycles. The molecule has 98 valence electrons. The number of hydrogen-bond acceptors (Lipinski definition) is 4. The molecule has 0 bridgehead atoms. The maximum Gasteiger partial charge on any atom is 0.338 e. The summed E-state index contributed by atoms with van der Waals surface area (Å²) >= 11 is 0. The highest BCUT2D eigenvalue weighted by Crippen LogP contribution is 2.25. The van der Waals surface area contributed by atoms with Crippen LogP contribution in [0.3, 0.4) is 0 Å². The Bertz CT molecular complexity index is 459. The van der Waals surface area contributed by atoms with Crippen LogP contribution in [0.4, 0.5) is 10.2 Å². The molecule has 18 heavy (non-hydrogen) atoms. The first kappa shape index (κ1) is 12.8. The van der Waals surface area contributed by atoms with E-state index in [2.05, 4.69) is 10.3 Å². The van der Waals surface area contributed by atoms with Crippen LogP contribution in [0, 0.1) is 5.82 Å². The van der Waals surface area contributed by atoms with Gasteiger partial charge in [0, 0.05) is 12.8 Å². The van der Waals surface area contributed by atoms with Crippen LogP contribution in [0.1, 0.15) is 30.1 Å². The van der Waals surface area contributed by atoms with E-state index in [4.69, 9.17) is 9.84 Å². The minimum absolute atomic E-state index is 0.0390. The Kier molecular flexibility index (Phi) is 3.47. The Balaban J connectivity index is 2.23. The molecule has 2 N–H and O–H groups in total. The Hall–Kier alpha value is -1.69. The van der Waals surface area contributed by atoms with Crippen LogP contribution in [-0.2, 0) is 4.74 Å². The summed E-state index contributed by atoms with van der Waals surface area (Å²) in [6.45, 7) is 3.05. The molecule has 2 heterocycles. The lowest BCUT2D eigenvalue weighted by Crippen LogP contribution is -2.43. The van der Waals surface area contributed by atoms with E-state index < -0.39 is 17.3 Å². The molecule has 1 aromatic rings. The van der Waals surface area contributed by atoms with Crippen molar-refractivity contribution in [3.8, 4) is 0 Å². The van der Waals surface area contributed by atoms with Gasteiger partial charge >= 0.3 is 5.97 Å². The van der Waals surface area contributed by atoms with E-state index in [9.17, 15) is 9.18 Å². The predicted molar refractivity (Wildman–Crippen MR) is 63.2 cm³/mol. The number of halogens is 1. The van der Waals surface area contributed by atoms with Gasteiger partial charge in [-0.25, -0.2) is 14.2 Å². The van der Waals surface area contributed by atoms with Gasteiger partial charge in [0.25, 0.3) is 0 Å². The molecule has 0 radical (unpaired) electrons. The minimum Gasteiger partial charge on any atom is -0.478 e. The number of nitrogens with one attached hydrogen (secondary N) is 1. The van der Waals surface area contributed by atoms with Crippen molar-refractivity contribution in [2.75, 3.05) is 18.5 Å². The van der Waals surface area contributed by atoms with Crippen molar-refractivity contribution >= 4 is 11.8 Å². The van der Waals surface area contributed by atoms with Crippen LogP contribution in [-0.4, -0.2) is 34.8 Å². The molecule has 0 aliphatic carbocycles. The average molecular weight is 254 g/mol. The molecule has 2 rings (SSSR count). The highest BCUT2D eigenvalue weighted by molar-refractivity contribution is 5.88. The first-order chi connectivity index (χ1) is 8.52. The number of anilines is 1. The lowest BCUT2D eigenvalue weighted by atomic mass is 9.95. The van der Waals surface area contributed by atoms with Gasteiger partial charge in [-0.05, 0) is 25.8 Å². The number of aromatic carboxylic acids is 1. The summed E-state index contributed by atoms with van der Waals surface area (Å²) in [5.41, 5.74) is -0.795. The number of nitrogens with zero attached hydrogens (tertiary/aromatic N) is 1. The molecule has 1 atom stereocenters. The standard InChI is InChI=1S/C12H15FN2O3/c1-12(4-2-6-18-7-12)15-10-9(13)8(11(16)17)3-5-14-10/h3,5H,2,4,6-7H2,1H3,(H,14,15)(H,16,17). The molecule has 0 spiro atoms. The second kappa shape index (κ2) is 4.89. The predicted octanol–water partition coefficient (Wildman–Crippen LogP) is 1.90. The third-order valence-corrected chi connectivity index (χ3v) is 2.98. The van der Waals surface area contributed by atoms with Crippen LogP contribution in [0.2, 0.25) is 0 Å². The third kappa shape index (κ3) is 2.59. The molecule has 0 amide bonds. The number of aromatic nitrogens is 1. The van der Waals surface area contributed by atoms with Crippen LogP contribution in [0.5, 0.6) is 0 Å². The summed E-state index contributed by atoms with van der Waals surface area (Å²) in [6.07, 6.45) is 2.98. The molecule has 1 unspecified atom stereocenters. The quantitative estimate of drug-likeness (QED) is 0.862. The van der Waals surface area contributed by atoms with E-state index in [1.54, 1.807) is 0 Å². The zero-order chi connectivity index (χ0) is 13.2. The topological polar surface area (TPSA) is 71.5 Å². The van der Waals surface area contributed by atoms with Gasteiger partial charge in [-0.2, -0.15) is 0 Å². The van der Waals surface area contributed by atoms with E-state index in [1.807, 2.05) is 6.92 Å². The first-order valence-corrected chi connectivity index (χ1v) is 5.75. The molecule has 1 aromatic heterocycles. The number of carbonyl (C=O) groups is 1. The Morgan fingerprint density at radius 1 is 1.67 bits per heavy atom. The molecule has 1 aliphatic rings. The van der Waals surface area contributed by atoms with Gasteiger partial charge < -0.3 is 15.2 Å². The number of carboxylic acid groups (broad SMARTS) is 1. The number of pyridine rings is 1. The minimum atomic E-state index is -1.30. The number of hydrogen-bond donors (Lipinski definition) is 2.